The highest BCUT2D eigenvalue weighted by Gasteiger charge is 2.32. The molecule has 1 aliphatic rings. The first-order chi connectivity index (χ1) is 35.6. The van der Waals surface area contributed by atoms with Crippen molar-refractivity contribution in [2.45, 2.75) is 6.92 Å². The summed E-state index contributed by atoms with van der Waals surface area (Å²) < 4.78 is 8.55. The lowest BCUT2D eigenvalue weighted by atomic mass is 10.1. The first kappa shape index (κ1) is 42.1. The van der Waals surface area contributed by atoms with E-state index >= 15 is 0 Å². The van der Waals surface area contributed by atoms with Gasteiger partial charge >= 0.3 is 0 Å². The summed E-state index contributed by atoms with van der Waals surface area (Å²) >= 11 is 0. The fourth-order valence-corrected chi connectivity index (χ4v) is 9.83. The van der Waals surface area contributed by atoms with Gasteiger partial charge in [0.15, 0.2) is 11.6 Å². The fraction of sp³-hybridized carbons (Fsp3) is 0.0164. The predicted molar refractivity (Wildman–Crippen MR) is 292 cm³/mol. The van der Waals surface area contributed by atoms with Gasteiger partial charge < -0.3 is 9.55 Å². The Hall–Kier alpha value is -10.0. The van der Waals surface area contributed by atoms with Gasteiger partial charge in [-0.15, -0.1) is 5.10 Å². The number of nitrogens with zero attached hydrogens (tertiary/aromatic N) is 10. The molecule has 0 bridgehead atoms. The highest BCUT2D eigenvalue weighted by molar-refractivity contribution is 5.94. The van der Waals surface area contributed by atoms with Gasteiger partial charge in [0.05, 0.1) is 62.2 Å². The Kier molecular flexibility index (Phi) is 10.2. The molecular formula is C61H45N11. The molecule has 0 aliphatic carbocycles. The van der Waals surface area contributed by atoms with Gasteiger partial charge in [-0.2, -0.15) is 0 Å². The molecule has 11 nitrogen and oxygen atoms in total. The molecule has 11 heteroatoms. The van der Waals surface area contributed by atoms with E-state index < -0.39 is 0 Å². The van der Waals surface area contributed by atoms with Crippen LogP contribution in [0.3, 0.4) is 0 Å². The molecule has 13 rings (SSSR count). The second-order valence-electron chi connectivity index (χ2n) is 17.5. The number of para-hydroxylation sites is 9. The zero-order chi connectivity index (χ0) is 48.1. The van der Waals surface area contributed by atoms with Crippen LogP contribution in [0, 0.1) is 0 Å². The van der Waals surface area contributed by atoms with Gasteiger partial charge in [0, 0.05) is 40.1 Å². The van der Waals surface area contributed by atoms with Gasteiger partial charge in [-0.1, -0.05) is 91.5 Å². The van der Waals surface area contributed by atoms with Gasteiger partial charge in [-0.3, -0.25) is 18.8 Å². The minimum absolute atomic E-state index is 0.598. The number of aromatic nitrogens is 9. The SMILES string of the molecule is C=C1N(c2ccccc2)c2ccccc2N1c1ccc(-c2nc(-c3ccc(-n4c5ccccc5n5c6ccccc6nc45)cc3)nn2-c2ccc(-n3cc(/C=C\C=C/C)[nH]cnc4ccccc43)cc2)cc1. The molecule has 0 spiro atoms. The van der Waals surface area contributed by atoms with Crippen LogP contribution in [-0.4, -0.2) is 43.3 Å². The average Bonchev–Trinajstić information content (AvgIpc) is 4.19. The highest BCUT2D eigenvalue weighted by Crippen LogP contribution is 2.49. The van der Waals surface area contributed by atoms with Crippen molar-refractivity contribution < 1.29 is 0 Å². The molecule has 0 radical (unpaired) electrons. The Balaban J connectivity index is 0.912. The summed E-state index contributed by atoms with van der Waals surface area (Å²) in [6.07, 6.45) is 11.9. The minimum Gasteiger partial charge on any atom is -0.345 e. The van der Waals surface area contributed by atoms with E-state index in [1.807, 2.05) is 66.2 Å². The van der Waals surface area contributed by atoms with Crippen molar-refractivity contribution in [2.75, 3.05) is 9.80 Å². The largest absolute Gasteiger partial charge is 0.345 e. The normalized spacial score (nSPS) is 12.7. The Labute approximate surface area is 414 Å². The Morgan fingerprint density at radius 2 is 1.08 bits per heavy atom. The van der Waals surface area contributed by atoms with E-state index in [0.29, 0.717) is 11.6 Å². The van der Waals surface area contributed by atoms with E-state index in [1.54, 1.807) is 6.33 Å². The van der Waals surface area contributed by atoms with Crippen molar-refractivity contribution in [1.82, 2.24) is 43.3 Å². The maximum absolute atomic E-state index is 5.32. The van der Waals surface area contributed by atoms with Crippen LogP contribution in [0.4, 0.5) is 22.7 Å². The quantitative estimate of drug-likeness (QED) is 0.145. The number of nitrogens with one attached hydrogen (secondary N) is 1. The topological polar surface area (TPSA) is 93.0 Å². The van der Waals surface area contributed by atoms with Gasteiger partial charge in [0.2, 0.25) is 5.78 Å². The van der Waals surface area contributed by atoms with Gasteiger partial charge in [-0.05, 0) is 146 Å². The molecule has 5 heterocycles. The van der Waals surface area contributed by atoms with Gasteiger partial charge in [0.25, 0.3) is 0 Å². The molecule has 0 saturated carbocycles. The smallest absolute Gasteiger partial charge is 0.220 e. The molecule has 0 saturated heterocycles. The third-order valence-corrected chi connectivity index (χ3v) is 13.2. The number of hydrogen-bond acceptors (Lipinski definition) is 6. The van der Waals surface area contributed by atoms with Crippen LogP contribution in [0.1, 0.15) is 12.6 Å². The minimum atomic E-state index is 0.598. The first-order valence-electron chi connectivity index (χ1n) is 23.9. The standard InChI is InChI=1S/C61H45N11/c1-3-4-6-17-45-40-67(53-22-11-9-20-51(53)63-41-62-45)46-36-38-50(39-37-46)72-60(44-30-34-48(35-31-44)69-42(2)68(47-18-7-5-8-19-47)55-24-13-14-25-56(55)69)65-59(66-72)43-28-32-49(33-29-43)70-57-26-15-16-27-58(57)71-54-23-12-10-21-52(54)64-61(70)71/h3-41H,2H2,1H3,(H,62,63)/b4-3-,17-6-,45-40?. The molecule has 1 N–H and O–H groups in total. The van der Waals surface area contributed by atoms with Crippen molar-refractivity contribution in [3.8, 4) is 39.8 Å². The zero-order valence-corrected chi connectivity index (χ0v) is 39.2. The molecule has 12 aromatic rings. The van der Waals surface area contributed by atoms with Crippen molar-refractivity contribution in [3.63, 3.8) is 0 Å². The molecule has 0 fully saturated rings. The molecular weight excluding hydrogens is 887 g/mol. The zero-order valence-electron chi connectivity index (χ0n) is 39.2. The molecule has 8 aromatic carbocycles. The van der Waals surface area contributed by atoms with Crippen molar-refractivity contribution in [1.29, 1.82) is 0 Å². The van der Waals surface area contributed by atoms with Gasteiger partial charge in [-0.25, -0.2) is 19.6 Å². The summed E-state index contributed by atoms with van der Waals surface area (Å²) in [5, 5.41) is 5.27. The summed E-state index contributed by atoms with van der Waals surface area (Å²) in [6.45, 7) is 6.60. The lowest BCUT2D eigenvalue weighted by Crippen LogP contribution is -2.20. The molecule has 0 atom stereocenters. The van der Waals surface area contributed by atoms with Crippen molar-refractivity contribution >= 4 is 67.7 Å². The Morgan fingerprint density at radius 3 is 1.82 bits per heavy atom. The van der Waals surface area contributed by atoms with E-state index in [2.05, 4.69) is 211 Å². The van der Waals surface area contributed by atoms with Crippen molar-refractivity contribution in [2.24, 2.45) is 0 Å². The third kappa shape index (κ3) is 7.14. The van der Waals surface area contributed by atoms with Crippen molar-refractivity contribution in [3.05, 3.63) is 249 Å². The monoisotopic (exact) mass is 931 g/mol. The lowest BCUT2D eigenvalue weighted by molar-refractivity contribution is 0.889. The van der Waals surface area contributed by atoms with Crippen LogP contribution >= 0.6 is 0 Å². The molecule has 344 valence electrons. The fourth-order valence-electron chi connectivity index (χ4n) is 9.83. The number of aromatic amines is 1. The summed E-state index contributed by atoms with van der Waals surface area (Å²) in [4.78, 5) is 22.9. The Morgan fingerprint density at radius 1 is 0.500 bits per heavy atom. The maximum Gasteiger partial charge on any atom is 0.220 e. The van der Waals surface area contributed by atoms with Crippen LogP contribution in [0.5, 0.6) is 0 Å². The van der Waals surface area contributed by atoms with Crippen LogP contribution in [0.2, 0.25) is 0 Å². The van der Waals surface area contributed by atoms with E-state index in [9.17, 15) is 0 Å². The number of allylic oxidation sites excluding steroid dienone is 3. The predicted octanol–water partition coefficient (Wildman–Crippen LogP) is 14.5. The van der Waals surface area contributed by atoms with Crippen LogP contribution in [-0.2, 0) is 0 Å². The lowest BCUT2D eigenvalue weighted by Gasteiger charge is -2.24. The summed E-state index contributed by atoms with van der Waals surface area (Å²) in [5.41, 5.74) is 15.6. The van der Waals surface area contributed by atoms with E-state index in [4.69, 9.17) is 20.1 Å². The number of imidazole rings is 2. The van der Waals surface area contributed by atoms with Gasteiger partial charge in [0.1, 0.15) is 5.82 Å². The van der Waals surface area contributed by atoms with E-state index in [-0.39, 0.29) is 0 Å². The molecule has 72 heavy (non-hydrogen) atoms. The van der Waals surface area contributed by atoms with Crippen LogP contribution < -0.4 is 9.80 Å². The van der Waals surface area contributed by atoms with Crippen LogP contribution in [0.15, 0.2) is 243 Å². The number of rotatable bonds is 9. The third-order valence-electron chi connectivity index (χ3n) is 13.2. The summed E-state index contributed by atoms with van der Waals surface area (Å²) in [7, 11) is 0. The number of benzene rings is 8. The van der Waals surface area contributed by atoms with Crippen LogP contribution in [0.25, 0.3) is 84.8 Å². The molecule has 4 aromatic heterocycles. The summed E-state index contributed by atoms with van der Waals surface area (Å²) in [5.74, 6) is 3.00. The molecule has 0 amide bonds. The second kappa shape index (κ2) is 17.5. The second-order valence-corrected chi connectivity index (χ2v) is 17.5. The van der Waals surface area contributed by atoms with E-state index in [0.717, 1.165) is 101 Å². The number of anilines is 4. The van der Waals surface area contributed by atoms with E-state index in [1.165, 1.54) is 0 Å². The first-order valence-corrected chi connectivity index (χ1v) is 23.9. The maximum atomic E-state index is 5.32. The number of fused-ring (bicyclic) bond motifs is 7. The summed E-state index contributed by atoms with van der Waals surface area (Å²) in [6, 6.07) is 69.0. The average molecular weight is 932 g/mol. The Bertz CT molecular complexity index is 4130. The molecule has 1 aliphatic heterocycles. The number of hydrogen-bond donors (Lipinski definition) is 1. The molecule has 0 unspecified atom stereocenters. The highest BCUT2D eigenvalue weighted by atomic mass is 15.4. The number of H-pyrrole nitrogens is 1.